The van der Waals surface area contributed by atoms with Crippen LogP contribution in [-0.2, 0) is 9.59 Å². The molecule has 0 fully saturated rings. The zero-order valence-corrected chi connectivity index (χ0v) is 16.0. The molecule has 0 atom stereocenters. The van der Waals surface area contributed by atoms with Crippen LogP contribution in [-0.4, -0.2) is 25.0 Å². The topological polar surface area (TPSA) is 100 Å². The molecule has 0 aliphatic heterocycles. The Balaban J connectivity index is 1.44. The number of benzene rings is 3. The van der Waals surface area contributed by atoms with Gasteiger partial charge in [-0.3, -0.25) is 20.4 Å². The minimum atomic E-state index is -0.530. The van der Waals surface area contributed by atoms with Crippen molar-refractivity contribution in [1.29, 1.82) is 5.26 Å². The molecular weight excluding hydrogens is 382 g/mol. The van der Waals surface area contributed by atoms with E-state index in [1.54, 1.807) is 30.3 Å². The summed E-state index contributed by atoms with van der Waals surface area (Å²) >= 11 is 0. The number of carbonyl (C=O) groups is 2. The van der Waals surface area contributed by atoms with Crippen molar-refractivity contribution >= 4 is 11.8 Å². The van der Waals surface area contributed by atoms with Crippen LogP contribution in [0.25, 0.3) is 11.1 Å². The van der Waals surface area contributed by atoms with Gasteiger partial charge >= 0.3 is 0 Å². The van der Waals surface area contributed by atoms with Crippen LogP contribution in [0.1, 0.15) is 5.56 Å². The van der Waals surface area contributed by atoms with Crippen molar-refractivity contribution in [3.63, 3.8) is 0 Å². The fourth-order valence-corrected chi connectivity index (χ4v) is 2.58. The second-order valence-corrected chi connectivity index (χ2v) is 6.17. The highest BCUT2D eigenvalue weighted by Gasteiger charge is 2.09. The van der Waals surface area contributed by atoms with E-state index in [9.17, 15) is 9.59 Å². The van der Waals surface area contributed by atoms with Gasteiger partial charge in [0, 0.05) is 5.56 Å². The molecule has 3 aromatic rings. The summed E-state index contributed by atoms with van der Waals surface area (Å²) in [5.74, 6) is -0.0346. The van der Waals surface area contributed by atoms with E-state index in [0.717, 1.165) is 11.1 Å². The molecule has 0 heterocycles. The number of para-hydroxylation sites is 1. The highest BCUT2D eigenvalue weighted by atomic mass is 16.5. The summed E-state index contributed by atoms with van der Waals surface area (Å²) in [4.78, 5) is 23.8. The summed E-state index contributed by atoms with van der Waals surface area (Å²) in [5, 5.41) is 8.75. The molecule has 0 aromatic heterocycles. The maximum atomic E-state index is 12.0. The third-order valence-corrected chi connectivity index (χ3v) is 4.03. The number of nitrogens with zero attached hydrogens (tertiary/aromatic N) is 1. The largest absolute Gasteiger partial charge is 0.484 e. The van der Waals surface area contributed by atoms with Crippen molar-refractivity contribution in [3.05, 3.63) is 84.4 Å². The lowest BCUT2D eigenvalue weighted by Gasteiger charge is -2.12. The lowest BCUT2D eigenvalue weighted by atomic mass is 10.1. The summed E-state index contributed by atoms with van der Waals surface area (Å²) in [6, 6.07) is 25.4. The van der Waals surface area contributed by atoms with E-state index in [0.29, 0.717) is 17.1 Å². The molecule has 0 aliphatic carbocycles. The minimum Gasteiger partial charge on any atom is -0.484 e. The molecule has 2 N–H and O–H groups in total. The summed E-state index contributed by atoms with van der Waals surface area (Å²) < 4.78 is 10.9. The number of amides is 2. The van der Waals surface area contributed by atoms with Gasteiger partial charge in [-0.1, -0.05) is 48.5 Å². The first-order chi connectivity index (χ1) is 14.7. The quantitative estimate of drug-likeness (QED) is 0.593. The van der Waals surface area contributed by atoms with Crippen LogP contribution in [0.3, 0.4) is 0 Å². The van der Waals surface area contributed by atoms with Crippen molar-refractivity contribution < 1.29 is 19.1 Å². The summed E-state index contributed by atoms with van der Waals surface area (Å²) in [5.41, 5.74) is 6.88. The molecule has 0 saturated heterocycles. The van der Waals surface area contributed by atoms with Crippen LogP contribution < -0.4 is 20.3 Å². The number of carbonyl (C=O) groups excluding carboxylic acids is 2. The highest BCUT2D eigenvalue weighted by Crippen LogP contribution is 2.29. The number of rotatable bonds is 7. The third-order valence-electron chi connectivity index (χ3n) is 4.03. The van der Waals surface area contributed by atoms with Crippen LogP contribution in [0.4, 0.5) is 0 Å². The van der Waals surface area contributed by atoms with Crippen LogP contribution in [0.5, 0.6) is 11.5 Å². The Morgan fingerprint density at radius 3 is 2.03 bits per heavy atom. The van der Waals surface area contributed by atoms with E-state index in [2.05, 4.69) is 10.9 Å². The van der Waals surface area contributed by atoms with Crippen molar-refractivity contribution in [2.24, 2.45) is 0 Å². The monoisotopic (exact) mass is 401 g/mol. The SMILES string of the molecule is N#Cc1ccc(OCC(=O)NNC(=O)COc2ccccc2-c2ccccc2)cc1. The Labute approximate surface area is 173 Å². The normalized spacial score (nSPS) is 9.83. The van der Waals surface area contributed by atoms with E-state index in [1.165, 1.54) is 0 Å². The Morgan fingerprint density at radius 1 is 0.767 bits per heavy atom. The lowest BCUT2D eigenvalue weighted by Crippen LogP contribution is -2.45. The molecular formula is C23H19N3O4. The zero-order chi connectivity index (χ0) is 21.2. The number of nitrogens with one attached hydrogen (secondary N) is 2. The summed E-state index contributed by atoms with van der Waals surface area (Å²) in [7, 11) is 0. The molecule has 0 saturated carbocycles. The molecule has 0 spiro atoms. The molecule has 150 valence electrons. The van der Waals surface area contributed by atoms with Gasteiger partial charge in [-0.25, -0.2) is 0 Å². The molecule has 0 radical (unpaired) electrons. The number of hydrogen-bond acceptors (Lipinski definition) is 5. The predicted octanol–water partition coefficient (Wildman–Crippen LogP) is 2.83. The molecule has 0 bridgehead atoms. The fourth-order valence-electron chi connectivity index (χ4n) is 2.58. The maximum absolute atomic E-state index is 12.0. The number of nitriles is 1. The molecule has 7 nitrogen and oxygen atoms in total. The molecule has 3 aromatic carbocycles. The van der Waals surface area contributed by atoms with E-state index < -0.39 is 11.8 Å². The zero-order valence-electron chi connectivity index (χ0n) is 16.0. The van der Waals surface area contributed by atoms with Gasteiger partial charge in [-0.15, -0.1) is 0 Å². The molecule has 30 heavy (non-hydrogen) atoms. The van der Waals surface area contributed by atoms with Crippen molar-refractivity contribution in [1.82, 2.24) is 10.9 Å². The van der Waals surface area contributed by atoms with Gasteiger partial charge < -0.3 is 9.47 Å². The summed E-state index contributed by atoms with van der Waals surface area (Å²) in [6.45, 7) is -0.551. The molecule has 0 unspecified atom stereocenters. The van der Waals surface area contributed by atoms with Gasteiger partial charge in [-0.05, 0) is 35.9 Å². The van der Waals surface area contributed by atoms with Gasteiger partial charge in [-0.2, -0.15) is 5.26 Å². The van der Waals surface area contributed by atoms with Crippen molar-refractivity contribution in [2.45, 2.75) is 0 Å². The Kier molecular flexibility index (Phi) is 7.01. The highest BCUT2D eigenvalue weighted by molar-refractivity contribution is 5.83. The van der Waals surface area contributed by atoms with E-state index in [4.69, 9.17) is 14.7 Å². The average Bonchev–Trinajstić information content (AvgIpc) is 2.81. The van der Waals surface area contributed by atoms with Crippen molar-refractivity contribution in [2.75, 3.05) is 13.2 Å². The van der Waals surface area contributed by atoms with Crippen LogP contribution in [0, 0.1) is 11.3 Å². The first kappa shape index (κ1) is 20.4. The van der Waals surface area contributed by atoms with E-state index >= 15 is 0 Å². The van der Waals surface area contributed by atoms with Crippen LogP contribution >= 0.6 is 0 Å². The van der Waals surface area contributed by atoms with Gasteiger partial charge in [0.15, 0.2) is 13.2 Å². The number of hydrazine groups is 1. The van der Waals surface area contributed by atoms with Gasteiger partial charge in [0.2, 0.25) is 0 Å². The first-order valence-corrected chi connectivity index (χ1v) is 9.13. The molecule has 0 aliphatic rings. The lowest BCUT2D eigenvalue weighted by molar-refractivity contribution is -0.131. The smallest absolute Gasteiger partial charge is 0.276 e. The third kappa shape index (κ3) is 5.84. The van der Waals surface area contributed by atoms with Crippen molar-refractivity contribution in [3.8, 4) is 28.7 Å². The first-order valence-electron chi connectivity index (χ1n) is 9.13. The van der Waals surface area contributed by atoms with E-state index in [-0.39, 0.29) is 13.2 Å². The molecule has 3 rings (SSSR count). The second-order valence-electron chi connectivity index (χ2n) is 6.17. The predicted molar refractivity (Wildman–Crippen MR) is 110 cm³/mol. The Hall–Kier alpha value is -4.31. The average molecular weight is 401 g/mol. The maximum Gasteiger partial charge on any atom is 0.276 e. The fraction of sp³-hybridized carbons (Fsp3) is 0.0870. The standard InChI is InChI=1S/C23H19N3O4/c24-14-17-10-12-19(13-11-17)29-15-22(27)25-26-23(28)16-30-21-9-5-4-8-20(21)18-6-2-1-3-7-18/h1-13H,15-16H2,(H,25,27)(H,26,28). The molecule has 7 heteroatoms. The van der Waals surface area contributed by atoms with Gasteiger partial charge in [0.1, 0.15) is 11.5 Å². The van der Waals surface area contributed by atoms with Gasteiger partial charge in [0.25, 0.3) is 11.8 Å². The minimum absolute atomic E-state index is 0.263. The Morgan fingerprint density at radius 2 is 1.37 bits per heavy atom. The number of ether oxygens (including phenoxy) is 2. The van der Waals surface area contributed by atoms with Crippen LogP contribution in [0.15, 0.2) is 78.9 Å². The number of hydrogen-bond donors (Lipinski definition) is 2. The molecule has 2 amide bonds. The van der Waals surface area contributed by atoms with E-state index in [1.807, 2.05) is 54.6 Å². The van der Waals surface area contributed by atoms with Crippen LogP contribution in [0.2, 0.25) is 0 Å². The second kappa shape index (κ2) is 10.3. The van der Waals surface area contributed by atoms with Gasteiger partial charge in [0.05, 0.1) is 11.6 Å². The Bertz CT molecular complexity index is 1040. The summed E-state index contributed by atoms with van der Waals surface area (Å²) in [6.07, 6.45) is 0.